The molecule has 34 heavy (non-hydrogen) atoms. The number of benzene rings is 3. The fraction of sp³-hybridized carbons (Fsp3) is 0.231. The van der Waals surface area contributed by atoms with Gasteiger partial charge in [-0.05, 0) is 66.6 Å². The molecule has 0 radical (unpaired) electrons. The third-order valence-corrected chi connectivity index (χ3v) is 5.89. The van der Waals surface area contributed by atoms with E-state index >= 15 is 0 Å². The Balaban J connectivity index is 1.24. The molecule has 8 nitrogen and oxygen atoms in total. The molecule has 3 aromatic rings. The van der Waals surface area contributed by atoms with Crippen LogP contribution in [-0.4, -0.2) is 43.8 Å². The number of hydrogen-bond acceptors (Lipinski definition) is 5. The third-order valence-electron chi connectivity index (χ3n) is 5.89. The summed E-state index contributed by atoms with van der Waals surface area (Å²) in [5, 5.41) is 2.88. The molecule has 1 saturated heterocycles. The Bertz CT molecular complexity index is 1210. The minimum Gasteiger partial charge on any atom is -0.497 e. The van der Waals surface area contributed by atoms with Crippen molar-refractivity contribution < 1.29 is 23.8 Å². The summed E-state index contributed by atoms with van der Waals surface area (Å²) in [5.74, 6) is 1.84. The van der Waals surface area contributed by atoms with Gasteiger partial charge in [-0.1, -0.05) is 12.1 Å². The summed E-state index contributed by atoms with van der Waals surface area (Å²) in [4.78, 5) is 29.3. The Morgan fingerprint density at radius 3 is 2.65 bits per heavy atom. The first-order valence-corrected chi connectivity index (χ1v) is 11.1. The van der Waals surface area contributed by atoms with Crippen molar-refractivity contribution in [3.8, 4) is 17.2 Å². The number of fused-ring (bicyclic) bond motifs is 1. The van der Waals surface area contributed by atoms with Gasteiger partial charge in [0, 0.05) is 36.6 Å². The highest BCUT2D eigenvalue weighted by atomic mass is 16.7. The number of nitrogens with one attached hydrogen (secondary N) is 1. The Kier molecular flexibility index (Phi) is 5.95. The van der Waals surface area contributed by atoms with Crippen molar-refractivity contribution in [1.29, 1.82) is 0 Å². The van der Waals surface area contributed by atoms with E-state index in [2.05, 4.69) is 5.32 Å². The van der Waals surface area contributed by atoms with E-state index in [4.69, 9.17) is 14.2 Å². The van der Waals surface area contributed by atoms with Gasteiger partial charge in [-0.2, -0.15) is 0 Å². The van der Waals surface area contributed by atoms with Gasteiger partial charge in [-0.25, -0.2) is 4.79 Å². The van der Waals surface area contributed by atoms with Crippen LogP contribution in [-0.2, 0) is 6.54 Å². The zero-order chi connectivity index (χ0) is 23.5. The van der Waals surface area contributed by atoms with E-state index < -0.39 is 0 Å². The Morgan fingerprint density at radius 2 is 1.82 bits per heavy atom. The van der Waals surface area contributed by atoms with Crippen molar-refractivity contribution in [2.75, 3.05) is 37.2 Å². The van der Waals surface area contributed by atoms with E-state index in [1.807, 2.05) is 35.2 Å². The maximum absolute atomic E-state index is 13.2. The molecule has 0 unspecified atom stereocenters. The molecule has 0 spiro atoms. The number of carbonyl (C=O) groups excluding carboxylic acids is 2. The van der Waals surface area contributed by atoms with Gasteiger partial charge in [0.05, 0.1) is 7.11 Å². The molecule has 1 N–H and O–H groups in total. The predicted octanol–water partition coefficient (Wildman–Crippen LogP) is 4.51. The summed E-state index contributed by atoms with van der Waals surface area (Å²) in [6.07, 6.45) is 0.866. The van der Waals surface area contributed by atoms with Crippen LogP contribution in [0, 0.1) is 0 Å². The van der Waals surface area contributed by atoms with E-state index in [1.165, 1.54) is 0 Å². The van der Waals surface area contributed by atoms with Crippen molar-refractivity contribution in [1.82, 2.24) is 4.90 Å². The molecule has 8 heteroatoms. The fourth-order valence-electron chi connectivity index (χ4n) is 4.12. The van der Waals surface area contributed by atoms with Gasteiger partial charge in [-0.15, -0.1) is 0 Å². The number of methoxy groups -OCH3 is 1. The van der Waals surface area contributed by atoms with Gasteiger partial charge in [-0.3, -0.25) is 9.69 Å². The molecule has 0 saturated carbocycles. The second-order valence-electron chi connectivity index (χ2n) is 8.13. The zero-order valence-electron chi connectivity index (χ0n) is 18.8. The molecule has 5 rings (SSSR count). The lowest BCUT2D eigenvalue weighted by Crippen LogP contribution is -2.49. The minimum atomic E-state index is -0.226. The molecule has 0 bridgehead atoms. The van der Waals surface area contributed by atoms with Crippen molar-refractivity contribution in [2.24, 2.45) is 0 Å². The highest BCUT2D eigenvalue weighted by molar-refractivity contribution is 6.04. The Hall–Kier alpha value is -4.20. The number of hydrogen-bond donors (Lipinski definition) is 1. The Morgan fingerprint density at radius 1 is 1.00 bits per heavy atom. The topological polar surface area (TPSA) is 80.3 Å². The third kappa shape index (κ3) is 4.47. The smallest absolute Gasteiger partial charge is 0.324 e. The summed E-state index contributed by atoms with van der Waals surface area (Å²) in [7, 11) is 1.56. The summed E-state index contributed by atoms with van der Waals surface area (Å²) in [6, 6.07) is 20.0. The molecule has 3 aromatic carbocycles. The number of carbonyl (C=O) groups is 2. The van der Waals surface area contributed by atoms with Crippen LogP contribution in [0.15, 0.2) is 66.7 Å². The van der Waals surface area contributed by atoms with Gasteiger partial charge in [0.2, 0.25) is 6.79 Å². The first-order valence-electron chi connectivity index (χ1n) is 11.1. The van der Waals surface area contributed by atoms with Crippen LogP contribution in [0.1, 0.15) is 22.3 Å². The standard InChI is InChI=1S/C26H25N3O5/c1-32-22-5-2-4-19(15-22)25(30)27-20-7-9-21(10-8-20)29-13-3-12-28(26(29)31)16-18-6-11-23-24(14-18)34-17-33-23/h2,4-11,14-15H,3,12-13,16-17H2,1H3,(H,27,30). The molecule has 0 aliphatic carbocycles. The fourth-order valence-corrected chi connectivity index (χ4v) is 4.12. The number of urea groups is 1. The van der Waals surface area contributed by atoms with Crippen LogP contribution in [0.3, 0.4) is 0 Å². The quantitative estimate of drug-likeness (QED) is 0.587. The molecule has 2 heterocycles. The van der Waals surface area contributed by atoms with Crippen molar-refractivity contribution in [3.63, 3.8) is 0 Å². The van der Waals surface area contributed by atoms with Crippen molar-refractivity contribution >= 4 is 23.3 Å². The van der Waals surface area contributed by atoms with Crippen LogP contribution >= 0.6 is 0 Å². The lowest BCUT2D eigenvalue weighted by atomic mass is 10.1. The SMILES string of the molecule is COc1cccc(C(=O)Nc2ccc(N3CCCN(Cc4ccc5c(c4)OCO5)C3=O)cc2)c1. The summed E-state index contributed by atoms with van der Waals surface area (Å²) < 4.78 is 16.0. The number of rotatable bonds is 6. The first-order chi connectivity index (χ1) is 16.6. The number of amides is 3. The Labute approximate surface area is 197 Å². The number of anilines is 2. The lowest BCUT2D eigenvalue weighted by Gasteiger charge is -2.35. The predicted molar refractivity (Wildman–Crippen MR) is 128 cm³/mol. The van der Waals surface area contributed by atoms with E-state index in [9.17, 15) is 9.59 Å². The zero-order valence-corrected chi connectivity index (χ0v) is 18.8. The maximum Gasteiger partial charge on any atom is 0.324 e. The van der Waals surface area contributed by atoms with Gasteiger partial charge in [0.15, 0.2) is 11.5 Å². The van der Waals surface area contributed by atoms with E-state index in [0.717, 1.165) is 23.4 Å². The van der Waals surface area contributed by atoms with E-state index in [0.29, 0.717) is 42.4 Å². The van der Waals surface area contributed by atoms with Crippen LogP contribution in [0.5, 0.6) is 17.2 Å². The molecule has 3 amide bonds. The molecule has 1 fully saturated rings. The first kappa shape index (κ1) is 21.6. The van der Waals surface area contributed by atoms with Crippen molar-refractivity contribution in [3.05, 3.63) is 77.9 Å². The van der Waals surface area contributed by atoms with E-state index in [1.54, 1.807) is 48.4 Å². The molecule has 2 aliphatic rings. The second kappa shape index (κ2) is 9.35. The van der Waals surface area contributed by atoms with Crippen LogP contribution in [0.25, 0.3) is 0 Å². The normalized spacial score (nSPS) is 14.8. The van der Waals surface area contributed by atoms with Crippen LogP contribution < -0.4 is 24.4 Å². The second-order valence-corrected chi connectivity index (χ2v) is 8.13. The molecule has 0 atom stereocenters. The van der Waals surface area contributed by atoms with E-state index in [-0.39, 0.29) is 18.7 Å². The molecule has 2 aliphatic heterocycles. The lowest BCUT2D eigenvalue weighted by molar-refractivity contribution is 0.102. The maximum atomic E-state index is 13.2. The van der Waals surface area contributed by atoms with Crippen molar-refractivity contribution in [2.45, 2.75) is 13.0 Å². The molecular weight excluding hydrogens is 434 g/mol. The van der Waals surface area contributed by atoms with Gasteiger partial charge < -0.3 is 24.4 Å². The highest BCUT2D eigenvalue weighted by Gasteiger charge is 2.27. The average Bonchev–Trinajstić information content (AvgIpc) is 3.34. The average molecular weight is 460 g/mol. The van der Waals surface area contributed by atoms with Crippen LogP contribution in [0.2, 0.25) is 0 Å². The van der Waals surface area contributed by atoms with Crippen LogP contribution in [0.4, 0.5) is 16.2 Å². The summed E-state index contributed by atoms with van der Waals surface area (Å²) in [5.41, 5.74) is 2.95. The number of nitrogens with zero attached hydrogens (tertiary/aromatic N) is 2. The van der Waals surface area contributed by atoms with Gasteiger partial charge in [0.25, 0.3) is 5.91 Å². The monoisotopic (exact) mass is 459 g/mol. The number of ether oxygens (including phenoxy) is 3. The molecule has 174 valence electrons. The minimum absolute atomic E-state index is 0.0444. The molecule has 0 aromatic heterocycles. The largest absolute Gasteiger partial charge is 0.497 e. The summed E-state index contributed by atoms with van der Waals surface area (Å²) >= 11 is 0. The molecular formula is C26H25N3O5. The van der Waals surface area contributed by atoms with Gasteiger partial charge >= 0.3 is 6.03 Å². The van der Waals surface area contributed by atoms with Gasteiger partial charge in [0.1, 0.15) is 5.75 Å². The summed E-state index contributed by atoms with van der Waals surface area (Å²) in [6.45, 7) is 2.07. The highest BCUT2D eigenvalue weighted by Crippen LogP contribution is 2.33.